The fraction of sp³-hybridized carbons (Fsp3) is 0.500. The van der Waals surface area contributed by atoms with Crippen molar-refractivity contribution in [2.24, 2.45) is 0 Å². The number of aliphatic hydroxyl groups is 2. The van der Waals surface area contributed by atoms with E-state index in [0.29, 0.717) is 11.1 Å². The van der Waals surface area contributed by atoms with Crippen LogP contribution in [0.1, 0.15) is 31.8 Å². The molecule has 0 heterocycles. The topological polar surface area (TPSA) is 134 Å². The molecule has 0 saturated carbocycles. The lowest BCUT2D eigenvalue weighted by molar-refractivity contribution is 0.0674. The molecule has 8 heteroatoms. The molecular weight excluding hydrogens is 320 g/mol. The van der Waals surface area contributed by atoms with Crippen LogP contribution >= 0.6 is 0 Å². The van der Waals surface area contributed by atoms with Gasteiger partial charge in [-0.05, 0) is 36.1 Å². The lowest BCUT2D eigenvalue weighted by atomic mass is 9.92. The molecule has 0 bridgehead atoms. The van der Waals surface area contributed by atoms with Gasteiger partial charge in [0.2, 0.25) is 0 Å². The molecule has 0 atom stereocenters. The van der Waals surface area contributed by atoms with Crippen molar-refractivity contribution in [3.8, 4) is 0 Å². The van der Waals surface area contributed by atoms with Gasteiger partial charge in [-0.15, -0.1) is 0 Å². The highest BCUT2D eigenvalue weighted by atomic mass is 16.5. The van der Waals surface area contributed by atoms with Gasteiger partial charge in [-0.25, -0.2) is 9.59 Å². The monoisotopic (exact) mass is 342 g/mol. The number of aliphatic hydroxyl groups excluding tert-OH is 2. The highest BCUT2D eigenvalue weighted by Gasteiger charge is 2.20. The van der Waals surface area contributed by atoms with Crippen LogP contribution in [0.15, 0.2) is 12.1 Å². The zero-order chi connectivity index (χ0) is 17.9. The first-order chi connectivity index (χ1) is 11.5. The Labute approximate surface area is 139 Å². The Bertz CT molecular complexity index is 506. The number of hydrogen-bond donors (Lipinski definition) is 4. The molecule has 134 valence electrons. The number of rotatable bonds is 12. The molecule has 0 unspecified atom stereocenters. The summed E-state index contributed by atoms with van der Waals surface area (Å²) >= 11 is 0. The van der Waals surface area contributed by atoms with Crippen LogP contribution in [-0.4, -0.2) is 72.0 Å². The third kappa shape index (κ3) is 5.89. The molecule has 0 fully saturated rings. The lowest BCUT2D eigenvalue weighted by Crippen LogP contribution is -2.16. The van der Waals surface area contributed by atoms with Crippen LogP contribution < -0.4 is 0 Å². The summed E-state index contributed by atoms with van der Waals surface area (Å²) in [4.78, 5) is 22.9. The molecule has 0 aromatic heterocycles. The molecule has 1 aromatic carbocycles. The summed E-state index contributed by atoms with van der Waals surface area (Å²) in [5.74, 6) is -2.30. The molecule has 0 aliphatic rings. The standard InChI is InChI=1S/C16H22O8/c17-5-9-23-7-3-11-12(4-8-24-10-6-18)14(16(21)22)2-1-13(11)15(19)20/h1-2,17-18H,3-10H2,(H,19,20)(H,21,22). The van der Waals surface area contributed by atoms with Crippen molar-refractivity contribution in [1.82, 2.24) is 0 Å². The number of carbonyl (C=O) groups is 2. The molecule has 0 aliphatic carbocycles. The maximum Gasteiger partial charge on any atom is 0.335 e. The number of carboxylic acid groups (broad SMARTS) is 2. The van der Waals surface area contributed by atoms with Crippen LogP contribution in [-0.2, 0) is 22.3 Å². The third-order valence-electron chi connectivity index (χ3n) is 3.36. The van der Waals surface area contributed by atoms with Gasteiger partial charge in [0.05, 0.1) is 50.8 Å². The second-order valence-corrected chi connectivity index (χ2v) is 4.90. The van der Waals surface area contributed by atoms with Crippen LogP contribution in [0.3, 0.4) is 0 Å². The summed E-state index contributed by atoms with van der Waals surface area (Å²) in [6.45, 7) is 0.264. The SMILES string of the molecule is O=C(O)c1ccc(C(=O)O)c(CCOCCO)c1CCOCCO. The van der Waals surface area contributed by atoms with Gasteiger partial charge >= 0.3 is 11.9 Å². The number of ether oxygens (including phenoxy) is 2. The summed E-state index contributed by atoms with van der Waals surface area (Å²) in [7, 11) is 0. The fourth-order valence-corrected chi connectivity index (χ4v) is 2.35. The Kier molecular flexibility index (Phi) is 8.95. The summed E-state index contributed by atoms with van der Waals surface area (Å²) < 4.78 is 10.3. The minimum atomic E-state index is -1.15. The van der Waals surface area contributed by atoms with Crippen LogP contribution in [0.25, 0.3) is 0 Å². The number of hydrogen-bond acceptors (Lipinski definition) is 6. The quantitative estimate of drug-likeness (QED) is 0.396. The minimum Gasteiger partial charge on any atom is -0.478 e. The first-order valence-electron chi connectivity index (χ1n) is 7.51. The van der Waals surface area contributed by atoms with E-state index in [0.717, 1.165) is 0 Å². The number of benzene rings is 1. The van der Waals surface area contributed by atoms with Crippen molar-refractivity contribution >= 4 is 11.9 Å². The maximum atomic E-state index is 11.4. The average Bonchev–Trinajstić information content (AvgIpc) is 2.55. The molecule has 8 nitrogen and oxygen atoms in total. The van der Waals surface area contributed by atoms with Gasteiger partial charge < -0.3 is 29.9 Å². The first kappa shape index (κ1) is 20.0. The van der Waals surface area contributed by atoms with Crippen molar-refractivity contribution < 1.29 is 39.5 Å². The second-order valence-electron chi connectivity index (χ2n) is 4.90. The fourth-order valence-electron chi connectivity index (χ4n) is 2.35. The largest absolute Gasteiger partial charge is 0.478 e. The summed E-state index contributed by atoms with van der Waals surface area (Å²) in [6.07, 6.45) is 0.413. The third-order valence-corrected chi connectivity index (χ3v) is 3.36. The Morgan fingerprint density at radius 3 is 1.42 bits per heavy atom. The van der Waals surface area contributed by atoms with Gasteiger partial charge in [0.25, 0.3) is 0 Å². The molecule has 0 saturated heterocycles. The maximum absolute atomic E-state index is 11.4. The van der Waals surface area contributed by atoms with Crippen molar-refractivity contribution in [2.75, 3.05) is 39.6 Å². The van der Waals surface area contributed by atoms with Crippen molar-refractivity contribution in [3.63, 3.8) is 0 Å². The van der Waals surface area contributed by atoms with Gasteiger partial charge in [-0.2, -0.15) is 0 Å². The molecular formula is C16H22O8. The van der Waals surface area contributed by atoms with Crippen molar-refractivity contribution in [1.29, 1.82) is 0 Å². The Morgan fingerprint density at radius 2 is 1.12 bits per heavy atom. The Morgan fingerprint density at radius 1 is 0.750 bits per heavy atom. The summed E-state index contributed by atoms with van der Waals surface area (Å²) in [5, 5.41) is 36.1. The zero-order valence-electron chi connectivity index (χ0n) is 13.2. The van der Waals surface area contributed by atoms with E-state index in [9.17, 15) is 19.8 Å². The second kappa shape index (κ2) is 10.7. The van der Waals surface area contributed by atoms with Gasteiger partial charge in [0.15, 0.2) is 0 Å². The van der Waals surface area contributed by atoms with E-state index in [1.165, 1.54) is 12.1 Å². The highest BCUT2D eigenvalue weighted by molar-refractivity contribution is 5.95. The molecule has 24 heavy (non-hydrogen) atoms. The molecule has 0 spiro atoms. The highest BCUT2D eigenvalue weighted by Crippen LogP contribution is 2.22. The van der Waals surface area contributed by atoms with Crippen molar-refractivity contribution in [3.05, 3.63) is 34.4 Å². The van der Waals surface area contributed by atoms with Crippen LogP contribution in [0.5, 0.6) is 0 Å². The first-order valence-corrected chi connectivity index (χ1v) is 7.51. The predicted octanol–water partition coefficient (Wildman–Crippen LogP) is 0.186. The van der Waals surface area contributed by atoms with Crippen molar-refractivity contribution in [2.45, 2.75) is 12.8 Å². The van der Waals surface area contributed by atoms with E-state index < -0.39 is 11.9 Å². The number of carboxylic acids is 2. The van der Waals surface area contributed by atoms with Gasteiger partial charge in [-0.3, -0.25) is 0 Å². The van der Waals surface area contributed by atoms with Gasteiger partial charge in [0.1, 0.15) is 0 Å². The Balaban J connectivity index is 3.11. The average molecular weight is 342 g/mol. The summed E-state index contributed by atoms with van der Waals surface area (Å²) in [5.41, 5.74) is 0.801. The smallest absolute Gasteiger partial charge is 0.335 e. The minimum absolute atomic E-state index is 0.0183. The molecule has 1 rings (SSSR count). The van der Waals surface area contributed by atoms with Gasteiger partial charge in [0, 0.05) is 0 Å². The van der Waals surface area contributed by atoms with Gasteiger partial charge in [-0.1, -0.05) is 0 Å². The molecule has 0 aliphatic heterocycles. The van der Waals surface area contributed by atoms with E-state index in [1.54, 1.807) is 0 Å². The van der Waals surface area contributed by atoms with E-state index in [1.807, 2.05) is 0 Å². The van der Waals surface area contributed by atoms with E-state index >= 15 is 0 Å². The van der Waals surface area contributed by atoms with E-state index in [-0.39, 0.29) is 63.6 Å². The lowest BCUT2D eigenvalue weighted by Gasteiger charge is -2.16. The summed E-state index contributed by atoms with van der Waals surface area (Å²) in [6, 6.07) is 2.54. The van der Waals surface area contributed by atoms with Crippen LogP contribution in [0.2, 0.25) is 0 Å². The zero-order valence-corrected chi connectivity index (χ0v) is 13.2. The number of aromatic carboxylic acids is 2. The normalized spacial score (nSPS) is 10.8. The molecule has 0 amide bonds. The van der Waals surface area contributed by atoms with Crippen LogP contribution in [0.4, 0.5) is 0 Å². The van der Waals surface area contributed by atoms with E-state index in [2.05, 4.69) is 0 Å². The molecule has 1 aromatic rings. The Hall–Kier alpha value is -2.00. The predicted molar refractivity (Wildman–Crippen MR) is 83.6 cm³/mol. The molecule has 4 N–H and O–H groups in total. The van der Waals surface area contributed by atoms with Crippen LogP contribution in [0, 0.1) is 0 Å². The van der Waals surface area contributed by atoms with E-state index in [4.69, 9.17) is 19.7 Å². The molecule has 0 radical (unpaired) electrons.